The Hall–Kier alpha value is -1.34. The quantitative estimate of drug-likeness (QED) is 0.482. The molecule has 1 fully saturated rings. The number of carbonyl (C=O) groups excluding carboxylic acids is 1. The lowest BCUT2D eigenvalue weighted by atomic mass is 10.2. The molecule has 0 aliphatic heterocycles. The molecule has 0 radical (unpaired) electrons. The van der Waals surface area contributed by atoms with Crippen molar-refractivity contribution >= 4 is 12.0 Å². The molecule has 1 aliphatic rings. The number of nitrogens with zero attached hydrogens (tertiary/aromatic N) is 1. The number of carbonyl (C=O) groups is 2. The summed E-state index contributed by atoms with van der Waals surface area (Å²) >= 11 is 0. The molecule has 110 valence electrons. The van der Waals surface area contributed by atoms with Gasteiger partial charge in [-0.3, -0.25) is 4.90 Å². The number of urea groups is 1. The highest BCUT2D eigenvalue weighted by Crippen LogP contribution is 2.25. The average molecular weight is 273 g/mol. The van der Waals surface area contributed by atoms with Crippen molar-refractivity contribution in [1.29, 1.82) is 0 Å². The highest BCUT2D eigenvalue weighted by molar-refractivity contribution is 5.82. The second-order valence-electron chi connectivity index (χ2n) is 4.82. The van der Waals surface area contributed by atoms with Gasteiger partial charge in [-0.2, -0.15) is 0 Å². The van der Waals surface area contributed by atoms with Crippen molar-refractivity contribution in [3.8, 4) is 0 Å². The van der Waals surface area contributed by atoms with E-state index in [0.717, 1.165) is 13.1 Å². The molecular weight excluding hydrogens is 250 g/mol. The molecule has 7 heteroatoms. The number of nitrogens with one attached hydrogen (secondary N) is 2. The maximum Gasteiger partial charge on any atom is 0.328 e. The van der Waals surface area contributed by atoms with Gasteiger partial charge in [-0.25, -0.2) is 9.59 Å². The van der Waals surface area contributed by atoms with Crippen LogP contribution in [0.2, 0.25) is 0 Å². The molecule has 2 atom stereocenters. The van der Waals surface area contributed by atoms with Crippen LogP contribution in [0.15, 0.2) is 0 Å². The summed E-state index contributed by atoms with van der Waals surface area (Å²) < 4.78 is 0. The van der Waals surface area contributed by atoms with E-state index in [9.17, 15) is 14.7 Å². The number of hydrogen-bond acceptors (Lipinski definition) is 4. The second-order valence-corrected chi connectivity index (χ2v) is 4.82. The van der Waals surface area contributed by atoms with Crippen molar-refractivity contribution in [3.05, 3.63) is 0 Å². The standard InChI is InChI=1S/C12H23N3O4/c1-3-15(9-4-5-9)7-6-13-12(19)14-10(8(2)16)11(17)18/h8-10,16H,3-7H2,1-2H3,(H,17,18)(H2,13,14,19). The van der Waals surface area contributed by atoms with Gasteiger partial charge < -0.3 is 20.8 Å². The van der Waals surface area contributed by atoms with Gasteiger partial charge in [0, 0.05) is 19.1 Å². The number of likely N-dealkylation sites (N-methyl/N-ethyl adjacent to an activating group) is 1. The van der Waals surface area contributed by atoms with Crippen LogP contribution >= 0.6 is 0 Å². The number of aliphatic hydroxyl groups excluding tert-OH is 1. The fourth-order valence-corrected chi connectivity index (χ4v) is 1.93. The van der Waals surface area contributed by atoms with Crippen LogP contribution < -0.4 is 10.6 Å². The van der Waals surface area contributed by atoms with Gasteiger partial charge >= 0.3 is 12.0 Å². The lowest BCUT2D eigenvalue weighted by Crippen LogP contribution is -2.52. The highest BCUT2D eigenvalue weighted by atomic mass is 16.4. The number of carboxylic acids is 1. The Morgan fingerprint density at radius 2 is 2.05 bits per heavy atom. The molecule has 1 rings (SSSR count). The minimum atomic E-state index is -1.29. The zero-order valence-electron chi connectivity index (χ0n) is 11.4. The number of carboxylic acid groups (broad SMARTS) is 1. The third kappa shape index (κ3) is 5.44. The van der Waals surface area contributed by atoms with Crippen LogP contribution in [0.25, 0.3) is 0 Å². The normalized spacial score (nSPS) is 17.9. The van der Waals surface area contributed by atoms with Crippen molar-refractivity contribution in [2.45, 2.75) is 44.9 Å². The fourth-order valence-electron chi connectivity index (χ4n) is 1.93. The molecule has 0 heterocycles. The summed E-state index contributed by atoms with van der Waals surface area (Å²) in [4.78, 5) is 24.6. The van der Waals surface area contributed by atoms with Gasteiger partial charge in [0.25, 0.3) is 0 Å². The Morgan fingerprint density at radius 3 is 2.47 bits per heavy atom. The molecule has 7 nitrogen and oxygen atoms in total. The van der Waals surface area contributed by atoms with E-state index >= 15 is 0 Å². The zero-order chi connectivity index (χ0) is 14.4. The first kappa shape index (κ1) is 15.7. The second kappa shape index (κ2) is 7.30. The number of aliphatic hydroxyl groups is 1. The molecule has 2 unspecified atom stereocenters. The van der Waals surface area contributed by atoms with Gasteiger partial charge in [0.1, 0.15) is 0 Å². The fraction of sp³-hybridized carbons (Fsp3) is 0.833. The molecule has 1 saturated carbocycles. The Kier molecular flexibility index (Phi) is 6.04. The maximum absolute atomic E-state index is 11.5. The number of rotatable bonds is 8. The van der Waals surface area contributed by atoms with Crippen LogP contribution in [0.5, 0.6) is 0 Å². The SMILES string of the molecule is CCN(CCNC(=O)NC(C(=O)O)C(C)O)C1CC1. The zero-order valence-corrected chi connectivity index (χ0v) is 11.4. The number of hydrogen-bond donors (Lipinski definition) is 4. The van der Waals surface area contributed by atoms with Crippen molar-refractivity contribution in [2.24, 2.45) is 0 Å². The largest absolute Gasteiger partial charge is 0.480 e. The summed E-state index contributed by atoms with van der Waals surface area (Å²) in [6.45, 7) is 5.56. The summed E-state index contributed by atoms with van der Waals surface area (Å²) in [7, 11) is 0. The monoisotopic (exact) mass is 273 g/mol. The van der Waals surface area contributed by atoms with Crippen molar-refractivity contribution in [2.75, 3.05) is 19.6 Å². The first-order chi connectivity index (χ1) is 8.95. The molecule has 0 saturated heterocycles. The minimum Gasteiger partial charge on any atom is -0.480 e. The van der Waals surface area contributed by atoms with Gasteiger partial charge in [-0.15, -0.1) is 0 Å². The van der Waals surface area contributed by atoms with E-state index in [2.05, 4.69) is 22.5 Å². The molecule has 0 bridgehead atoms. The van der Waals surface area contributed by atoms with Gasteiger partial charge in [0.05, 0.1) is 6.10 Å². The van der Waals surface area contributed by atoms with E-state index in [4.69, 9.17) is 5.11 Å². The predicted octanol–water partition coefficient (Wildman–Crippen LogP) is -0.396. The third-order valence-electron chi connectivity index (χ3n) is 3.19. The van der Waals surface area contributed by atoms with Gasteiger partial charge in [-0.05, 0) is 26.3 Å². The van der Waals surface area contributed by atoms with E-state index in [-0.39, 0.29) is 0 Å². The molecule has 0 spiro atoms. The Bertz CT molecular complexity index is 318. The van der Waals surface area contributed by atoms with Gasteiger partial charge in [0.15, 0.2) is 6.04 Å². The van der Waals surface area contributed by atoms with Crippen LogP contribution in [0.3, 0.4) is 0 Å². The van der Waals surface area contributed by atoms with E-state index in [1.807, 2.05) is 0 Å². The number of aliphatic carboxylic acids is 1. The molecule has 0 aromatic heterocycles. The van der Waals surface area contributed by atoms with Crippen molar-refractivity contribution < 1.29 is 19.8 Å². The van der Waals surface area contributed by atoms with Crippen LogP contribution in [0, 0.1) is 0 Å². The van der Waals surface area contributed by atoms with Gasteiger partial charge in [-0.1, -0.05) is 6.92 Å². The van der Waals surface area contributed by atoms with E-state index < -0.39 is 24.1 Å². The third-order valence-corrected chi connectivity index (χ3v) is 3.19. The van der Waals surface area contributed by atoms with E-state index in [1.165, 1.54) is 19.8 Å². The Labute approximate surface area is 113 Å². The molecule has 2 amide bonds. The first-order valence-corrected chi connectivity index (χ1v) is 6.65. The molecule has 0 aromatic carbocycles. The van der Waals surface area contributed by atoms with Crippen LogP contribution in [-0.4, -0.2) is 64.9 Å². The summed E-state index contributed by atoms with van der Waals surface area (Å²) in [5, 5.41) is 22.9. The molecule has 0 aromatic rings. The average Bonchev–Trinajstić information content (AvgIpc) is 3.15. The van der Waals surface area contributed by atoms with Crippen LogP contribution in [0.4, 0.5) is 4.79 Å². The van der Waals surface area contributed by atoms with E-state index in [1.54, 1.807) is 0 Å². The van der Waals surface area contributed by atoms with Crippen molar-refractivity contribution in [3.63, 3.8) is 0 Å². The molecule has 19 heavy (non-hydrogen) atoms. The lowest BCUT2D eigenvalue weighted by Gasteiger charge is -2.21. The Morgan fingerprint density at radius 1 is 1.42 bits per heavy atom. The van der Waals surface area contributed by atoms with Crippen molar-refractivity contribution in [1.82, 2.24) is 15.5 Å². The minimum absolute atomic E-state index is 0.461. The summed E-state index contributed by atoms with van der Waals surface area (Å²) in [5.41, 5.74) is 0. The predicted molar refractivity (Wildman–Crippen MR) is 69.9 cm³/mol. The van der Waals surface area contributed by atoms with Crippen LogP contribution in [-0.2, 0) is 4.79 Å². The topological polar surface area (TPSA) is 102 Å². The first-order valence-electron chi connectivity index (χ1n) is 6.65. The molecule has 1 aliphatic carbocycles. The smallest absolute Gasteiger partial charge is 0.328 e. The van der Waals surface area contributed by atoms with E-state index in [0.29, 0.717) is 12.6 Å². The number of amides is 2. The molecular formula is C12H23N3O4. The maximum atomic E-state index is 11.5. The van der Waals surface area contributed by atoms with Crippen LogP contribution in [0.1, 0.15) is 26.7 Å². The summed E-state index contributed by atoms with van der Waals surface area (Å²) in [6, 6.07) is -1.22. The van der Waals surface area contributed by atoms with Gasteiger partial charge in [0.2, 0.25) is 0 Å². The Balaban J connectivity index is 2.24. The highest BCUT2D eigenvalue weighted by Gasteiger charge is 2.28. The lowest BCUT2D eigenvalue weighted by molar-refractivity contribution is -0.141. The molecule has 4 N–H and O–H groups in total. The summed E-state index contributed by atoms with van der Waals surface area (Å²) in [5.74, 6) is -1.25. The summed E-state index contributed by atoms with van der Waals surface area (Å²) in [6.07, 6.45) is 1.29.